The van der Waals surface area contributed by atoms with Gasteiger partial charge in [0.2, 0.25) is 5.91 Å². The molecule has 3 nitrogen and oxygen atoms in total. The third-order valence-corrected chi connectivity index (χ3v) is 3.61. The minimum absolute atomic E-state index is 0.00807. The van der Waals surface area contributed by atoms with E-state index >= 15 is 0 Å². The Morgan fingerprint density at radius 1 is 1.56 bits per heavy atom. The lowest BCUT2D eigenvalue weighted by atomic mass is 9.91. The Morgan fingerprint density at radius 2 is 2.25 bits per heavy atom. The van der Waals surface area contributed by atoms with E-state index in [-0.39, 0.29) is 11.8 Å². The molecule has 3 heteroatoms. The Labute approximate surface area is 99.2 Å². The average molecular weight is 226 g/mol. The smallest absolute Gasteiger partial charge is 0.224 e. The summed E-state index contributed by atoms with van der Waals surface area (Å²) in [5.74, 6) is 0.167. The summed E-state index contributed by atoms with van der Waals surface area (Å²) in [6.45, 7) is 7.10. The molecule has 0 saturated heterocycles. The molecule has 0 heterocycles. The molecule has 1 rings (SSSR count). The summed E-state index contributed by atoms with van der Waals surface area (Å²) in [4.78, 5) is 11.9. The fraction of sp³-hybridized carbons (Fsp3) is 0.923. The van der Waals surface area contributed by atoms with Crippen molar-refractivity contribution in [3.05, 3.63) is 0 Å². The molecule has 1 amide bonds. The van der Waals surface area contributed by atoms with Crippen LogP contribution in [0.5, 0.6) is 0 Å². The van der Waals surface area contributed by atoms with Crippen LogP contribution in [0.15, 0.2) is 0 Å². The maximum absolute atomic E-state index is 11.9. The number of nitrogens with one attached hydrogen (secondary N) is 1. The van der Waals surface area contributed by atoms with Crippen molar-refractivity contribution in [3.63, 3.8) is 0 Å². The Hall–Kier alpha value is -0.570. The van der Waals surface area contributed by atoms with Gasteiger partial charge in [-0.3, -0.25) is 4.79 Å². The molecule has 1 fully saturated rings. The number of hydrogen-bond donors (Lipinski definition) is 2. The molecule has 94 valence electrons. The van der Waals surface area contributed by atoms with Crippen molar-refractivity contribution in [1.29, 1.82) is 0 Å². The molecule has 1 aliphatic carbocycles. The summed E-state index contributed by atoms with van der Waals surface area (Å²) in [6, 6.07) is 0.369. The molecule has 1 aliphatic rings. The lowest BCUT2D eigenvalue weighted by molar-refractivity contribution is -0.125. The van der Waals surface area contributed by atoms with Crippen LogP contribution in [-0.4, -0.2) is 18.5 Å². The SMILES string of the molecule is CCCC(CN)C(=O)NC1CCC(C)(C)C1. The van der Waals surface area contributed by atoms with Crippen molar-refractivity contribution < 1.29 is 4.79 Å². The molecule has 16 heavy (non-hydrogen) atoms. The molecule has 0 aromatic rings. The van der Waals surface area contributed by atoms with Crippen LogP contribution in [0.3, 0.4) is 0 Å². The van der Waals surface area contributed by atoms with Gasteiger partial charge in [-0.05, 0) is 31.1 Å². The van der Waals surface area contributed by atoms with Gasteiger partial charge in [0, 0.05) is 12.6 Å². The van der Waals surface area contributed by atoms with Crippen LogP contribution in [0.1, 0.15) is 52.9 Å². The minimum atomic E-state index is 0.00807. The molecule has 2 atom stereocenters. The highest BCUT2D eigenvalue weighted by Crippen LogP contribution is 2.36. The molecule has 0 spiro atoms. The van der Waals surface area contributed by atoms with Crippen molar-refractivity contribution in [3.8, 4) is 0 Å². The van der Waals surface area contributed by atoms with Crippen LogP contribution in [0, 0.1) is 11.3 Å². The van der Waals surface area contributed by atoms with Crippen LogP contribution in [0.25, 0.3) is 0 Å². The largest absolute Gasteiger partial charge is 0.353 e. The first-order valence-corrected chi connectivity index (χ1v) is 6.49. The fourth-order valence-electron chi connectivity index (χ4n) is 2.58. The normalized spacial score (nSPS) is 25.4. The van der Waals surface area contributed by atoms with Gasteiger partial charge in [-0.2, -0.15) is 0 Å². The second-order valence-electron chi connectivity index (χ2n) is 5.83. The van der Waals surface area contributed by atoms with E-state index in [1.165, 1.54) is 6.42 Å². The van der Waals surface area contributed by atoms with Crippen molar-refractivity contribution in [2.75, 3.05) is 6.54 Å². The Bertz CT molecular complexity index is 238. The van der Waals surface area contributed by atoms with Gasteiger partial charge >= 0.3 is 0 Å². The molecule has 0 aromatic heterocycles. The number of nitrogens with two attached hydrogens (primary N) is 1. The van der Waals surface area contributed by atoms with Crippen LogP contribution in [0.2, 0.25) is 0 Å². The maximum Gasteiger partial charge on any atom is 0.224 e. The van der Waals surface area contributed by atoms with Crippen LogP contribution < -0.4 is 11.1 Å². The summed E-state index contributed by atoms with van der Waals surface area (Å²) >= 11 is 0. The zero-order valence-electron chi connectivity index (χ0n) is 10.9. The lowest BCUT2D eigenvalue weighted by Gasteiger charge is -2.20. The monoisotopic (exact) mass is 226 g/mol. The van der Waals surface area contributed by atoms with E-state index in [0.29, 0.717) is 18.0 Å². The van der Waals surface area contributed by atoms with Gasteiger partial charge in [-0.1, -0.05) is 27.2 Å². The van der Waals surface area contributed by atoms with Gasteiger partial charge in [-0.15, -0.1) is 0 Å². The standard InChI is InChI=1S/C13H26N2O/c1-4-5-10(9-14)12(16)15-11-6-7-13(2,3)8-11/h10-11H,4-9,14H2,1-3H3,(H,15,16). The third kappa shape index (κ3) is 3.78. The first kappa shape index (κ1) is 13.5. The molecule has 0 bridgehead atoms. The second-order valence-corrected chi connectivity index (χ2v) is 5.83. The number of hydrogen-bond acceptors (Lipinski definition) is 2. The van der Waals surface area contributed by atoms with E-state index in [2.05, 4.69) is 26.1 Å². The highest BCUT2D eigenvalue weighted by molar-refractivity contribution is 5.79. The first-order chi connectivity index (χ1) is 7.48. The molecular formula is C13H26N2O. The molecular weight excluding hydrogens is 200 g/mol. The topological polar surface area (TPSA) is 55.1 Å². The lowest BCUT2D eigenvalue weighted by Crippen LogP contribution is -2.40. The van der Waals surface area contributed by atoms with E-state index in [0.717, 1.165) is 25.7 Å². The van der Waals surface area contributed by atoms with Crippen LogP contribution in [-0.2, 0) is 4.79 Å². The summed E-state index contributed by atoms with van der Waals surface area (Å²) in [5, 5.41) is 3.15. The summed E-state index contributed by atoms with van der Waals surface area (Å²) in [7, 11) is 0. The number of amides is 1. The zero-order chi connectivity index (χ0) is 12.2. The third-order valence-electron chi connectivity index (χ3n) is 3.61. The van der Waals surface area contributed by atoms with E-state index in [1.54, 1.807) is 0 Å². The Kier molecular flexibility index (Phi) is 4.78. The van der Waals surface area contributed by atoms with Crippen molar-refractivity contribution in [1.82, 2.24) is 5.32 Å². The van der Waals surface area contributed by atoms with Crippen molar-refractivity contribution in [2.45, 2.75) is 58.9 Å². The highest BCUT2D eigenvalue weighted by Gasteiger charge is 2.32. The zero-order valence-corrected chi connectivity index (χ0v) is 10.9. The number of carbonyl (C=O) groups excluding carboxylic acids is 1. The van der Waals surface area contributed by atoms with E-state index in [9.17, 15) is 4.79 Å². The van der Waals surface area contributed by atoms with Crippen molar-refractivity contribution in [2.24, 2.45) is 17.1 Å². The summed E-state index contributed by atoms with van der Waals surface area (Å²) in [5.41, 5.74) is 6.02. The van der Waals surface area contributed by atoms with Gasteiger partial charge in [0.05, 0.1) is 5.92 Å². The van der Waals surface area contributed by atoms with Gasteiger partial charge in [0.15, 0.2) is 0 Å². The first-order valence-electron chi connectivity index (χ1n) is 6.49. The molecule has 0 aliphatic heterocycles. The summed E-state index contributed by atoms with van der Waals surface area (Å²) in [6.07, 6.45) is 5.34. The minimum Gasteiger partial charge on any atom is -0.353 e. The summed E-state index contributed by atoms with van der Waals surface area (Å²) < 4.78 is 0. The highest BCUT2D eigenvalue weighted by atomic mass is 16.1. The van der Waals surface area contributed by atoms with E-state index in [1.807, 2.05) is 0 Å². The van der Waals surface area contributed by atoms with Gasteiger partial charge in [0.25, 0.3) is 0 Å². The van der Waals surface area contributed by atoms with Crippen LogP contribution in [0.4, 0.5) is 0 Å². The van der Waals surface area contributed by atoms with Gasteiger partial charge in [0.1, 0.15) is 0 Å². The average Bonchev–Trinajstić information content (AvgIpc) is 2.54. The van der Waals surface area contributed by atoms with Crippen molar-refractivity contribution >= 4 is 5.91 Å². The molecule has 0 radical (unpaired) electrons. The molecule has 3 N–H and O–H groups in total. The Balaban J connectivity index is 2.39. The number of carbonyl (C=O) groups is 1. The molecule has 1 saturated carbocycles. The molecule has 2 unspecified atom stereocenters. The van der Waals surface area contributed by atoms with E-state index in [4.69, 9.17) is 5.73 Å². The maximum atomic E-state index is 11.9. The van der Waals surface area contributed by atoms with Crippen LogP contribution >= 0.6 is 0 Å². The quantitative estimate of drug-likeness (QED) is 0.754. The number of rotatable bonds is 5. The second kappa shape index (κ2) is 5.67. The fourth-order valence-corrected chi connectivity index (χ4v) is 2.58. The van der Waals surface area contributed by atoms with Gasteiger partial charge in [-0.25, -0.2) is 0 Å². The Morgan fingerprint density at radius 3 is 2.69 bits per heavy atom. The predicted molar refractivity (Wildman–Crippen MR) is 67.0 cm³/mol. The van der Waals surface area contributed by atoms with E-state index < -0.39 is 0 Å². The van der Waals surface area contributed by atoms with Gasteiger partial charge < -0.3 is 11.1 Å². The molecule has 0 aromatic carbocycles. The predicted octanol–water partition coefficient (Wildman–Crippen LogP) is 2.06.